The zero-order valence-corrected chi connectivity index (χ0v) is 15.3. The van der Waals surface area contributed by atoms with Gasteiger partial charge in [0.2, 0.25) is 0 Å². The first kappa shape index (κ1) is 16.3. The van der Waals surface area contributed by atoms with E-state index < -0.39 is 0 Å². The number of likely N-dealkylation sites (tertiary alicyclic amines) is 1. The van der Waals surface area contributed by atoms with Gasteiger partial charge in [-0.1, -0.05) is 35.9 Å². The van der Waals surface area contributed by atoms with Gasteiger partial charge in [-0.05, 0) is 37.4 Å². The number of hydrogen-bond acceptors (Lipinski definition) is 4. The molecule has 0 saturated carbocycles. The van der Waals surface area contributed by atoms with E-state index in [0.29, 0.717) is 12.0 Å². The van der Waals surface area contributed by atoms with Crippen molar-refractivity contribution in [2.24, 2.45) is 0 Å². The lowest BCUT2D eigenvalue weighted by Gasteiger charge is -2.25. The second-order valence-corrected chi connectivity index (χ2v) is 8.34. The monoisotopic (exact) mass is 338 g/mol. The van der Waals surface area contributed by atoms with Crippen molar-refractivity contribution < 1.29 is 4.74 Å². The van der Waals surface area contributed by atoms with Crippen LogP contribution in [-0.2, 0) is 4.74 Å². The van der Waals surface area contributed by atoms with Gasteiger partial charge >= 0.3 is 0 Å². The molecular formula is C19H23BN2OS. The van der Waals surface area contributed by atoms with E-state index in [9.17, 15) is 0 Å². The molecule has 0 spiro atoms. The Morgan fingerprint density at radius 1 is 1.12 bits per heavy atom. The lowest BCUT2D eigenvalue weighted by atomic mass is 9.93. The van der Waals surface area contributed by atoms with Gasteiger partial charge in [0.1, 0.15) is 20.2 Å². The Bertz CT molecular complexity index is 714. The smallest absolute Gasteiger partial charge is 0.143 e. The molecule has 0 bridgehead atoms. The summed E-state index contributed by atoms with van der Waals surface area (Å²) in [6.07, 6.45) is 0.410. The molecule has 1 aromatic carbocycles. The standard InChI is InChI=1S/C19H23BN2OS/c1-12-4-6-13(7-5-12)14-10-22(11-15(14)21(2)3)19-18(23-19)16-8-9-17(20)24-16/h4-9,14-15,18-19H,10-11H2,1-3H3. The van der Waals surface area contributed by atoms with Gasteiger partial charge in [-0.25, -0.2) is 0 Å². The molecule has 2 aliphatic rings. The molecule has 2 aromatic rings. The Hall–Kier alpha value is -1.14. The molecule has 2 saturated heterocycles. The van der Waals surface area contributed by atoms with E-state index in [4.69, 9.17) is 12.6 Å². The SMILES string of the molecule is [B]c1ccc(C2OC2N2CC(c3ccc(C)cc3)C(N(C)C)C2)s1. The number of epoxide rings is 1. The van der Waals surface area contributed by atoms with E-state index >= 15 is 0 Å². The maximum absolute atomic E-state index is 5.99. The van der Waals surface area contributed by atoms with E-state index in [1.165, 1.54) is 16.0 Å². The minimum absolute atomic E-state index is 0.201. The number of aryl methyl sites for hydroxylation is 1. The number of nitrogens with zero attached hydrogens (tertiary/aromatic N) is 2. The van der Waals surface area contributed by atoms with Gasteiger partial charge in [0.15, 0.2) is 0 Å². The fraction of sp³-hybridized carbons (Fsp3) is 0.474. The number of benzene rings is 1. The van der Waals surface area contributed by atoms with Crippen molar-refractivity contribution in [3.63, 3.8) is 0 Å². The van der Waals surface area contributed by atoms with Crippen molar-refractivity contribution in [3.8, 4) is 0 Å². The van der Waals surface area contributed by atoms with Gasteiger partial charge in [0.05, 0.1) is 0 Å². The van der Waals surface area contributed by atoms with Crippen LogP contribution in [0.4, 0.5) is 0 Å². The minimum Gasteiger partial charge on any atom is -0.347 e. The molecule has 4 rings (SSSR count). The molecule has 4 unspecified atom stereocenters. The van der Waals surface area contributed by atoms with Crippen molar-refractivity contribution in [3.05, 3.63) is 52.4 Å². The quantitative estimate of drug-likeness (QED) is 0.630. The number of hydrogen-bond donors (Lipinski definition) is 0. The van der Waals surface area contributed by atoms with Gasteiger partial charge in [-0.2, -0.15) is 11.3 Å². The third kappa shape index (κ3) is 3.06. The van der Waals surface area contributed by atoms with Crippen LogP contribution < -0.4 is 4.78 Å². The van der Waals surface area contributed by atoms with E-state index in [2.05, 4.69) is 61.2 Å². The third-order valence-corrected chi connectivity index (χ3v) is 6.22. The van der Waals surface area contributed by atoms with Crippen LogP contribution in [0.3, 0.4) is 0 Å². The molecule has 0 aliphatic carbocycles. The molecule has 3 heterocycles. The van der Waals surface area contributed by atoms with Crippen LogP contribution in [0.5, 0.6) is 0 Å². The molecule has 1 aromatic heterocycles. The molecule has 0 amide bonds. The summed E-state index contributed by atoms with van der Waals surface area (Å²) in [6, 6.07) is 13.6. The van der Waals surface area contributed by atoms with Crippen molar-refractivity contribution in [1.29, 1.82) is 0 Å². The molecule has 2 fully saturated rings. The van der Waals surface area contributed by atoms with E-state index in [1.807, 2.05) is 6.07 Å². The zero-order valence-electron chi connectivity index (χ0n) is 14.5. The van der Waals surface area contributed by atoms with E-state index in [1.54, 1.807) is 11.3 Å². The Kier molecular flexibility index (Phi) is 4.29. The lowest BCUT2D eigenvalue weighted by molar-refractivity contribution is 0.193. The van der Waals surface area contributed by atoms with Gasteiger partial charge in [-0.3, -0.25) is 4.90 Å². The normalized spacial score (nSPS) is 30.2. The van der Waals surface area contributed by atoms with Crippen LogP contribution in [0, 0.1) is 6.92 Å². The number of rotatable bonds is 4. The fourth-order valence-electron chi connectivity index (χ4n) is 3.80. The van der Waals surface area contributed by atoms with Gasteiger partial charge in [-0.15, -0.1) is 0 Å². The maximum Gasteiger partial charge on any atom is 0.143 e. The van der Waals surface area contributed by atoms with Crippen molar-refractivity contribution >= 4 is 24.0 Å². The fourth-order valence-corrected chi connectivity index (χ4v) is 4.63. The highest BCUT2D eigenvalue weighted by atomic mass is 32.1. The van der Waals surface area contributed by atoms with Crippen LogP contribution in [0.2, 0.25) is 0 Å². The molecule has 124 valence electrons. The first-order valence-corrected chi connectivity index (χ1v) is 9.32. The minimum atomic E-state index is 0.201. The average Bonchev–Trinajstić information content (AvgIpc) is 3.02. The first-order valence-electron chi connectivity index (χ1n) is 8.50. The van der Waals surface area contributed by atoms with Gasteiger partial charge in [0, 0.05) is 29.9 Å². The summed E-state index contributed by atoms with van der Waals surface area (Å²) in [5.74, 6) is 0.527. The molecule has 24 heavy (non-hydrogen) atoms. The van der Waals surface area contributed by atoms with E-state index in [0.717, 1.165) is 17.9 Å². The van der Waals surface area contributed by atoms with Crippen LogP contribution >= 0.6 is 11.3 Å². The molecule has 2 radical (unpaired) electrons. The second-order valence-electron chi connectivity index (χ2n) is 7.19. The summed E-state index contributed by atoms with van der Waals surface area (Å²) in [5, 5.41) is 0. The summed E-state index contributed by atoms with van der Waals surface area (Å²) in [4.78, 5) is 6.10. The number of ether oxygens (including phenoxy) is 1. The van der Waals surface area contributed by atoms with Crippen LogP contribution in [-0.4, -0.2) is 57.1 Å². The highest BCUT2D eigenvalue weighted by molar-refractivity contribution is 7.20. The van der Waals surface area contributed by atoms with Crippen molar-refractivity contribution in [2.45, 2.75) is 31.2 Å². The third-order valence-electron chi connectivity index (χ3n) is 5.24. The van der Waals surface area contributed by atoms with Crippen molar-refractivity contribution in [2.75, 3.05) is 27.2 Å². The Morgan fingerprint density at radius 2 is 1.88 bits per heavy atom. The highest BCUT2D eigenvalue weighted by Crippen LogP contribution is 2.45. The molecule has 5 heteroatoms. The molecular weight excluding hydrogens is 315 g/mol. The van der Waals surface area contributed by atoms with Crippen LogP contribution in [0.25, 0.3) is 0 Å². The summed E-state index contributed by atoms with van der Waals surface area (Å²) in [5.41, 5.74) is 2.75. The van der Waals surface area contributed by atoms with Crippen LogP contribution in [0.15, 0.2) is 36.4 Å². The Balaban J connectivity index is 1.50. The van der Waals surface area contributed by atoms with E-state index in [-0.39, 0.29) is 12.3 Å². The largest absolute Gasteiger partial charge is 0.347 e. The summed E-state index contributed by atoms with van der Waals surface area (Å²) in [7, 11) is 10.2. The number of thiophene rings is 1. The molecule has 0 N–H and O–H groups in total. The van der Waals surface area contributed by atoms with Gasteiger partial charge in [0.25, 0.3) is 0 Å². The molecule has 2 aliphatic heterocycles. The molecule has 4 atom stereocenters. The predicted molar refractivity (Wildman–Crippen MR) is 100 cm³/mol. The van der Waals surface area contributed by atoms with Crippen LogP contribution in [0.1, 0.15) is 28.0 Å². The molecule has 3 nitrogen and oxygen atoms in total. The van der Waals surface area contributed by atoms with Crippen molar-refractivity contribution in [1.82, 2.24) is 9.80 Å². The first-order chi connectivity index (χ1) is 11.5. The second kappa shape index (κ2) is 6.30. The number of likely N-dealkylation sites (N-methyl/N-ethyl adjacent to an activating group) is 1. The highest BCUT2D eigenvalue weighted by Gasteiger charge is 2.50. The van der Waals surface area contributed by atoms with Gasteiger partial charge < -0.3 is 9.64 Å². The lowest BCUT2D eigenvalue weighted by Crippen LogP contribution is -2.35. The zero-order chi connectivity index (χ0) is 16.8. The Labute approximate surface area is 149 Å². The predicted octanol–water partition coefficient (Wildman–Crippen LogP) is 2.28. The summed E-state index contributed by atoms with van der Waals surface area (Å²) >= 11 is 1.64. The average molecular weight is 338 g/mol. The Morgan fingerprint density at radius 3 is 2.50 bits per heavy atom. The topological polar surface area (TPSA) is 19.0 Å². The summed E-state index contributed by atoms with van der Waals surface area (Å²) in [6.45, 7) is 4.24. The maximum atomic E-state index is 5.99. The summed E-state index contributed by atoms with van der Waals surface area (Å²) < 4.78 is 6.86.